The van der Waals surface area contributed by atoms with Crippen LogP contribution in [0.1, 0.15) is 66.9 Å². The van der Waals surface area contributed by atoms with E-state index in [-0.39, 0.29) is 10.6 Å². The highest BCUT2D eigenvalue weighted by molar-refractivity contribution is 6.62. The number of ether oxygens (including phenoxy) is 1. The summed E-state index contributed by atoms with van der Waals surface area (Å²) in [7, 11) is -0.436. The van der Waals surface area contributed by atoms with Crippen molar-refractivity contribution in [3.63, 3.8) is 0 Å². The van der Waals surface area contributed by atoms with Crippen molar-refractivity contribution in [2.45, 2.75) is 84.2 Å². The summed E-state index contributed by atoms with van der Waals surface area (Å²) in [4.78, 5) is 18.3. The molecule has 1 aromatic rings. The van der Waals surface area contributed by atoms with Gasteiger partial charge in [0.15, 0.2) is 11.7 Å². The van der Waals surface area contributed by atoms with Crippen LogP contribution in [0.5, 0.6) is 0 Å². The first-order valence-electron chi connectivity index (χ1n) is 11.6. The minimum Gasteiger partial charge on any atom is -0.412 e. The summed E-state index contributed by atoms with van der Waals surface area (Å²) in [6.07, 6.45) is 1.59. The molecular weight excluding hydrogens is 441 g/mol. The van der Waals surface area contributed by atoms with E-state index < -0.39 is 30.0 Å². The summed E-state index contributed by atoms with van der Waals surface area (Å²) in [6.45, 7) is 14.5. The maximum Gasteiger partial charge on any atom is 0.549 e. The molecule has 3 saturated heterocycles. The third-order valence-electron chi connectivity index (χ3n) is 7.31. The number of nitrogens with zero attached hydrogens (tertiary/aromatic N) is 3. The van der Waals surface area contributed by atoms with E-state index in [9.17, 15) is 4.79 Å². The number of rotatable bonds is 2. The second-order valence-electron chi connectivity index (χ2n) is 11.3. The maximum atomic E-state index is 13.4. The highest BCUT2D eigenvalue weighted by Gasteiger charge is 2.73. The van der Waals surface area contributed by atoms with Crippen LogP contribution in [0.4, 0.5) is 4.79 Å². The Morgan fingerprint density at radius 3 is 2.36 bits per heavy atom. The van der Waals surface area contributed by atoms with Gasteiger partial charge in [-0.1, -0.05) is 28.9 Å². The molecule has 0 N–H and O–H groups in total. The van der Waals surface area contributed by atoms with Crippen LogP contribution in [0.15, 0.2) is 34.4 Å². The van der Waals surface area contributed by atoms with Gasteiger partial charge >= 0.3 is 13.2 Å². The Morgan fingerprint density at radius 1 is 1.18 bits per heavy atom. The van der Waals surface area contributed by atoms with Crippen LogP contribution in [0.2, 0.25) is 0 Å². The second kappa shape index (κ2) is 7.15. The largest absolute Gasteiger partial charge is 0.549 e. The first-order chi connectivity index (χ1) is 15.3. The zero-order valence-corrected chi connectivity index (χ0v) is 21.2. The summed E-state index contributed by atoms with van der Waals surface area (Å²) in [5.41, 5.74) is 0.976. The summed E-state index contributed by atoms with van der Waals surface area (Å²) < 4.78 is 17.9. The standard InChI is InChI=1S/C24H32BClN3O4/c1-22(2,3)31-21(30)29-19(26)18(27-20(29)17-9-8-14-28(17)29)15-10-12-16(13-11-15)25-32-23(4,5)24(6,7)33-25/h10-13,17H,8-9,14H2,1-7H3/q+1. The molecule has 7 nitrogen and oxygen atoms in total. The summed E-state index contributed by atoms with van der Waals surface area (Å²) in [5, 5.41) is 2.47. The molecule has 5 rings (SSSR count). The van der Waals surface area contributed by atoms with E-state index >= 15 is 0 Å². The van der Waals surface area contributed by atoms with Gasteiger partial charge < -0.3 is 14.0 Å². The lowest BCUT2D eigenvalue weighted by molar-refractivity contribution is -0.888. The second-order valence-corrected chi connectivity index (χ2v) is 11.6. The van der Waals surface area contributed by atoms with Crippen LogP contribution in [-0.2, 0) is 14.0 Å². The van der Waals surface area contributed by atoms with Crippen molar-refractivity contribution in [3.05, 3.63) is 35.0 Å². The Kier molecular flexibility index (Phi) is 5.00. The number of carbonyl (C=O) groups is 1. The van der Waals surface area contributed by atoms with Crippen molar-refractivity contribution in [2.24, 2.45) is 4.99 Å². The number of amidine groups is 1. The van der Waals surface area contributed by atoms with Gasteiger partial charge in [-0.2, -0.15) is 9.79 Å². The van der Waals surface area contributed by atoms with Gasteiger partial charge in [0.1, 0.15) is 5.60 Å². The number of amides is 1. The number of halogens is 1. The number of carbonyl (C=O) groups excluding carboxylic acids is 1. The Balaban J connectivity index is 1.47. The molecule has 4 aliphatic heterocycles. The molecule has 0 aromatic heterocycles. The Labute approximate surface area is 201 Å². The molecule has 176 valence electrons. The normalized spacial score (nSPS) is 30.1. The van der Waals surface area contributed by atoms with Crippen molar-refractivity contribution < 1.29 is 23.4 Å². The molecule has 0 radical (unpaired) electrons. The van der Waals surface area contributed by atoms with E-state index in [2.05, 4.69) is 5.01 Å². The molecule has 2 unspecified atom stereocenters. The third-order valence-corrected chi connectivity index (χ3v) is 7.74. The monoisotopic (exact) mass is 472 g/mol. The van der Waals surface area contributed by atoms with Gasteiger partial charge in [-0.3, -0.25) is 0 Å². The van der Waals surface area contributed by atoms with Crippen LogP contribution in [0.3, 0.4) is 0 Å². The summed E-state index contributed by atoms with van der Waals surface area (Å²) in [6, 6.07) is 8.01. The number of fused-ring (bicyclic) bond motifs is 4. The van der Waals surface area contributed by atoms with Gasteiger partial charge in [0.05, 0.1) is 17.7 Å². The lowest BCUT2D eigenvalue weighted by Gasteiger charge is -2.48. The Bertz CT molecular complexity index is 1060. The maximum absolute atomic E-state index is 13.4. The molecule has 4 heterocycles. The molecule has 33 heavy (non-hydrogen) atoms. The predicted molar refractivity (Wildman–Crippen MR) is 129 cm³/mol. The molecule has 1 aromatic carbocycles. The first kappa shape index (κ1) is 23.1. The topological polar surface area (TPSA) is 60.4 Å². The Morgan fingerprint density at radius 2 is 1.79 bits per heavy atom. The highest BCUT2D eigenvalue weighted by Crippen LogP contribution is 2.52. The smallest absolute Gasteiger partial charge is 0.412 e. The van der Waals surface area contributed by atoms with Crippen LogP contribution in [-0.4, -0.2) is 58.0 Å². The lowest BCUT2D eigenvalue weighted by atomic mass is 9.79. The molecule has 0 saturated carbocycles. The molecule has 1 amide bonds. The lowest BCUT2D eigenvalue weighted by Crippen LogP contribution is -2.78. The molecule has 0 aliphatic carbocycles. The van der Waals surface area contributed by atoms with Gasteiger partial charge in [-0.15, -0.1) is 5.01 Å². The average molecular weight is 473 g/mol. The van der Waals surface area contributed by atoms with Gasteiger partial charge in [-0.25, -0.2) is 0 Å². The first-order valence-corrected chi connectivity index (χ1v) is 12.0. The third kappa shape index (κ3) is 3.26. The van der Waals surface area contributed by atoms with Crippen molar-refractivity contribution in [1.29, 1.82) is 0 Å². The zero-order chi connectivity index (χ0) is 24.0. The van der Waals surface area contributed by atoms with Gasteiger partial charge in [0, 0.05) is 5.56 Å². The summed E-state index contributed by atoms with van der Waals surface area (Å²) >= 11 is 6.94. The molecule has 0 spiro atoms. The molecular formula is C24H32BClN3O4+. The minimum atomic E-state index is -0.621. The van der Waals surface area contributed by atoms with Crippen molar-refractivity contribution in [2.75, 3.05) is 6.54 Å². The zero-order valence-electron chi connectivity index (χ0n) is 20.4. The van der Waals surface area contributed by atoms with E-state index in [0.29, 0.717) is 10.9 Å². The number of benzene rings is 1. The molecule has 0 bridgehead atoms. The van der Waals surface area contributed by atoms with E-state index in [1.165, 1.54) is 0 Å². The van der Waals surface area contributed by atoms with Gasteiger partial charge in [0.25, 0.3) is 11.0 Å². The van der Waals surface area contributed by atoms with Crippen molar-refractivity contribution in [3.8, 4) is 0 Å². The Hall–Kier alpha value is -1.71. The quantitative estimate of drug-likeness (QED) is 0.362. The van der Waals surface area contributed by atoms with E-state index in [4.69, 9.17) is 30.6 Å². The average Bonchev–Trinajstić information content (AvgIpc) is 3.28. The minimum absolute atomic E-state index is 0.132. The van der Waals surface area contributed by atoms with Crippen LogP contribution < -0.4 is 5.46 Å². The number of aliphatic imine (C=N–C) groups is 1. The van der Waals surface area contributed by atoms with E-state index in [0.717, 1.165) is 36.2 Å². The van der Waals surface area contributed by atoms with E-state index in [1.807, 2.05) is 72.7 Å². The van der Waals surface area contributed by atoms with E-state index in [1.54, 1.807) is 0 Å². The fourth-order valence-corrected chi connectivity index (χ4v) is 5.31. The van der Waals surface area contributed by atoms with Crippen molar-refractivity contribution >= 4 is 41.8 Å². The number of hydrogen-bond donors (Lipinski definition) is 0. The van der Waals surface area contributed by atoms with Crippen LogP contribution in [0.25, 0.3) is 5.70 Å². The molecule has 3 fully saturated rings. The summed E-state index contributed by atoms with van der Waals surface area (Å²) in [5.74, 6) is 0.761. The highest BCUT2D eigenvalue weighted by atomic mass is 35.5. The molecule has 2 atom stereocenters. The number of hydrogen-bond acceptors (Lipinski definition) is 6. The van der Waals surface area contributed by atoms with Gasteiger partial charge in [-0.05, 0) is 78.4 Å². The molecule has 9 heteroatoms. The van der Waals surface area contributed by atoms with Crippen LogP contribution in [0, 0.1) is 0 Å². The predicted octanol–water partition coefficient (Wildman–Crippen LogP) is 4.41. The van der Waals surface area contributed by atoms with Crippen LogP contribution >= 0.6 is 11.6 Å². The molecule has 4 aliphatic rings. The fraction of sp³-hybridized carbons (Fsp3) is 0.583. The van der Waals surface area contributed by atoms with Gasteiger partial charge in [0.2, 0.25) is 0 Å². The van der Waals surface area contributed by atoms with Crippen molar-refractivity contribution in [1.82, 2.24) is 5.01 Å². The number of quaternary nitrogens is 1. The fourth-order valence-electron chi connectivity index (χ4n) is 4.91. The SMILES string of the molecule is CC(C)(C)OC(=O)[N+]12C(=NC(c3ccc(B4OC(C)(C)C(C)(C)O4)cc3)=C1Cl)C1CCCN12.